The molecule has 0 atom stereocenters. The maximum absolute atomic E-state index is 13.3. The third kappa shape index (κ3) is 4.69. The highest BCUT2D eigenvalue weighted by molar-refractivity contribution is 5.73. The fourth-order valence-electron chi connectivity index (χ4n) is 4.27. The number of fused-ring (bicyclic) bond motifs is 2. The zero-order valence-corrected chi connectivity index (χ0v) is 19.7. The lowest BCUT2D eigenvalue weighted by atomic mass is 10.2. The summed E-state index contributed by atoms with van der Waals surface area (Å²) in [5.41, 5.74) is 5.06. The van der Waals surface area contributed by atoms with E-state index in [0.717, 1.165) is 33.3 Å². The minimum absolute atomic E-state index is 0.277. The summed E-state index contributed by atoms with van der Waals surface area (Å²) in [4.78, 5) is 0. The van der Waals surface area contributed by atoms with E-state index in [-0.39, 0.29) is 11.6 Å². The van der Waals surface area contributed by atoms with Gasteiger partial charge in [0.2, 0.25) is 11.2 Å². The molecule has 180 valence electrons. The van der Waals surface area contributed by atoms with Crippen molar-refractivity contribution >= 4 is 46.5 Å². The van der Waals surface area contributed by atoms with Gasteiger partial charge in [0, 0.05) is 12.1 Å². The van der Waals surface area contributed by atoms with Gasteiger partial charge in [-0.2, -0.15) is 0 Å². The van der Waals surface area contributed by atoms with Gasteiger partial charge in [0.15, 0.2) is 0 Å². The molecule has 0 N–H and O–H groups in total. The van der Waals surface area contributed by atoms with E-state index >= 15 is 0 Å². The summed E-state index contributed by atoms with van der Waals surface area (Å²) in [6.45, 7) is 0.417. The van der Waals surface area contributed by atoms with Crippen molar-refractivity contribution in [2.24, 2.45) is 0 Å². The lowest BCUT2D eigenvalue weighted by molar-refractivity contribution is -0.894. The van der Waals surface area contributed by atoms with Gasteiger partial charge in [-0.15, -0.1) is 0 Å². The van der Waals surface area contributed by atoms with Crippen LogP contribution in [0, 0.1) is 11.6 Å². The molecule has 0 fully saturated rings. The van der Waals surface area contributed by atoms with E-state index in [1.54, 1.807) is 24.3 Å². The highest BCUT2D eigenvalue weighted by Gasteiger charge is 2.29. The van der Waals surface area contributed by atoms with Crippen LogP contribution in [-0.4, -0.2) is 0 Å². The van der Waals surface area contributed by atoms with Crippen LogP contribution in [0.5, 0.6) is 0 Å². The molecule has 0 amide bonds. The smallest absolute Gasteiger partial charge is 0.379 e. The van der Waals surface area contributed by atoms with Gasteiger partial charge in [0.25, 0.3) is 11.0 Å². The molecule has 0 aliphatic carbocycles. The van der Waals surface area contributed by atoms with Crippen molar-refractivity contribution < 1.29 is 26.7 Å². The zero-order valence-electron chi connectivity index (χ0n) is 19.7. The molecule has 2 aromatic heterocycles. The lowest BCUT2D eigenvalue weighted by Gasteiger charge is -1.95. The second kappa shape index (κ2) is 9.66. The fourth-order valence-corrected chi connectivity index (χ4v) is 4.27. The molecule has 6 aromatic rings. The lowest BCUT2D eigenvalue weighted by Crippen LogP contribution is -2.53. The van der Waals surface area contributed by atoms with Gasteiger partial charge in [0.05, 0.1) is 12.2 Å². The first-order chi connectivity index (χ1) is 18.1. The first kappa shape index (κ1) is 22.6. The molecule has 37 heavy (non-hydrogen) atoms. The molecule has 0 saturated carbocycles. The first-order valence-electron chi connectivity index (χ1n) is 11.8. The maximum Gasteiger partial charge on any atom is 0.379 e. The number of halogens is 2. The Bertz CT molecular complexity index is 1630. The largest absolute Gasteiger partial charge is 0.398 e. The molecule has 0 aliphatic rings. The van der Waals surface area contributed by atoms with Gasteiger partial charge in [-0.05, 0) is 59.7 Å². The maximum atomic E-state index is 13.3. The summed E-state index contributed by atoms with van der Waals surface area (Å²) in [7, 11) is 0. The third-order valence-electron chi connectivity index (χ3n) is 6.13. The molecule has 0 radical (unpaired) electrons. The molecule has 0 unspecified atom stereocenters. The van der Waals surface area contributed by atoms with E-state index in [9.17, 15) is 8.78 Å². The van der Waals surface area contributed by atoms with Crippen molar-refractivity contribution in [2.45, 2.75) is 6.67 Å². The minimum atomic E-state index is -0.277. The van der Waals surface area contributed by atoms with Crippen LogP contribution in [0.15, 0.2) is 106 Å². The molecule has 0 aliphatic heterocycles. The number of hydrogen-bond donors (Lipinski definition) is 0. The van der Waals surface area contributed by atoms with Gasteiger partial charge in [0.1, 0.15) is 11.6 Å². The fraction of sp³-hybridized carbons (Fsp3) is 0.0323. The molecule has 6 rings (SSSR count). The second-order valence-electron chi connectivity index (χ2n) is 8.58. The third-order valence-corrected chi connectivity index (χ3v) is 6.13. The Kier molecular flexibility index (Phi) is 5.91. The van der Waals surface area contributed by atoms with E-state index in [1.165, 1.54) is 24.3 Å². The van der Waals surface area contributed by atoms with Crippen LogP contribution in [0.25, 0.3) is 46.5 Å². The Balaban J connectivity index is 1.44. The topological polar surface area (TPSA) is 34.0 Å². The molecule has 0 spiro atoms. The molecule has 4 aromatic carbocycles. The van der Waals surface area contributed by atoms with Gasteiger partial charge < -0.3 is 8.83 Å². The summed E-state index contributed by atoms with van der Waals surface area (Å²) < 4.78 is 43.2. The number of oxazole rings is 2. The summed E-state index contributed by atoms with van der Waals surface area (Å²) in [5, 5.41) is 0. The van der Waals surface area contributed by atoms with Gasteiger partial charge >= 0.3 is 18.5 Å². The first-order valence-corrected chi connectivity index (χ1v) is 11.8. The molecular formula is C31H22F2N2O2+2. The monoisotopic (exact) mass is 492 g/mol. The standard InChI is InChI=1S/C31H22F2N2O2/c32-24-15-9-22(10-16-24)13-19-30-34(26-5-1-3-7-28(26)36-30)21-35-27-6-2-4-8-29(27)37-31(35)20-14-23-11-17-25(33)18-12-23/h1-20H,21H2/q+2/b19-13+,20-14+. The van der Waals surface area contributed by atoms with Crippen LogP contribution in [-0.2, 0) is 6.67 Å². The van der Waals surface area contributed by atoms with Crippen LogP contribution in [0.2, 0.25) is 0 Å². The summed E-state index contributed by atoms with van der Waals surface area (Å²) >= 11 is 0. The quantitative estimate of drug-likeness (QED) is 0.238. The molecule has 0 saturated heterocycles. The van der Waals surface area contributed by atoms with Crippen LogP contribution in [0.1, 0.15) is 22.9 Å². The number of nitrogens with zero attached hydrogens (tertiary/aromatic N) is 2. The van der Waals surface area contributed by atoms with E-state index < -0.39 is 0 Å². The van der Waals surface area contributed by atoms with Crippen molar-refractivity contribution in [2.75, 3.05) is 0 Å². The van der Waals surface area contributed by atoms with Crippen molar-refractivity contribution in [3.63, 3.8) is 0 Å². The number of aromatic nitrogens is 2. The predicted molar refractivity (Wildman–Crippen MR) is 139 cm³/mol. The Morgan fingerprint density at radius 2 is 0.919 bits per heavy atom. The summed E-state index contributed by atoms with van der Waals surface area (Å²) in [6.07, 6.45) is 7.54. The van der Waals surface area contributed by atoms with E-state index in [2.05, 4.69) is 9.13 Å². The van der Waals surface area contributed by atoms with Gasteiger partial charge in [-0.3, -0.25) is 0 Å². The number of para-hydroxylation sites is 4. The molecule has 2 heterocycles. The Labute approximate surface area is 211 Å². The zero-order chi connectivity index (χ0) is 25.2. The van der Waals surface area contributed by atoms with Crippen LogP contribution >= 0.6 is 0 Å². The molecule has 4 nitrogen and oxygen atoms in total. The molecular weight excluding hydrogens is 470 g/mol. The Morgan fingerprint density at radius 3 is 1.35 bits per heavy atom. The van der Waals surface area contributed by atoms with Gasteiger partial charge in [-0.1, -0.05) is 57.7 Å². The molecule has 0 bridgehead atoms. The number of hydrogen-bond acceptors (Lipinski definition) is 2. The highest BCUT2D eigenvalue weighted by atomic mass is 19.1. The second-order valence-corrected chi connectivity index (χ2v) is 8.58. The van der Waals surface area contributed by atoms with Crippen molar-refractivity contribution in [3.8, 4) is 0 Å². The van der Waals surface area contributed by atoms with Gasteiger partial charge in [-0.25, -0.2) is 8.78 Å². The predicted octanol–water partition coefficient (Wildman–Crippen LogP) is 6.88. The average Bonchev–Trinajstić information content (AvgIpc) is 3.46. The average molecular weight is 493 g/mol. The SMILES string of the molecule is Fc1ccc(/C=C/c2oc3ccccc3[n+]2C[n+]2c(/C=C/c3ccc(F)cc3)oc3ccccc32)cc1. The highest BCUT2D eigenvalue weighted by Crippen LogP contribution is 2.18. The normalized spacial score (nSPS) is 11.9. The number of benzene rings is 4. The Morgan fingerprint density at radius 1 is 0.514 bits per heavy atom. The van der Waals surface area contributed by atoms with E-state index in [0.29, 0.717) is 18.5 Å². The van der Waals surface area contributed by atoms with Crippen LogP contribution in [0.4, 0.5) is 8.78 Å². The van der Waals surface area contributed by atoms with Crippen LogP contribution < -0.4 is 9.13 Å². The Hall–Kier alpha value is -4.84. The number of rotatable bonds is 6. The molecule has 6 heteroatoms. The van der Waals surface area contributed by atoms with E-state index in [4.69, 9.17) is 8.83 Å². The van der Waals surface area contributed by atoms with Crippen molar-refractivity contribution in [1.82, 2.24) is 0 Å². The van der Waals surface area contributed by atoms with Crippen LogP contribution in [0.3, 0.4) is 0 Å². The summed E-state index contributed by atoms with van der Waals surface area (Å²) in [6, 6.07) is 28.2. The van der Waals surface area contributed by atoms with Crippen molar-refractivity contribution in [3.05, 3.63) is 132 Å². The summed E-state index contributed by atoms with van der Waals surface area (Å²) in [5.74, 6) is 0.717. The van der Waals surface area contributed by atoms with E-state index in [1.807, 2.05) is 72.8 Å². The minimum Gasteiger partial charge on any atom is -0.398 e. The van der Waals surface area contributed by atoms with Crippen molar-refractivity contribution in [1.29, 1.82) is 0 Å².